The van der Waals surface area contributed by atoms with Crippen LogP contribution < -0.4 is 15.8 Å². The standard InChI is InChI=1S/C20H26F2N4O3/c21-18-6-3-15(11-19(18)22)26-9-7-25(8-10-26)12-16(27)13-29-17-4-1-14(2-5-17)24-20(23)28/h1-2,4-6,11,15-16,27H,3,7-10,12-13H2,(H3,23,24,28)/t15?,16-/m0/s1. The van der Waals surface area contributed by atoms with E-state index in [4.69, 9.17) is 10.5 Å². The third-order valence-electron chi connectivity index (χ3n) is 5.01. The Morgan fingerprint density at radius 3 is 2.52 bits per heavy atom. The Morgan fingerprint density at radius 2 is 1.90 bits per heavy atom. The molecule has 1 heterocycles. The van der Waals surface area contributed by atoms with Crippen molar-refractivity contribution in [1.82, 2.24) is 9.80 Å². The number of aliphatic hydroxyl groups is 1. The van der Waals surface area contributed by atoms with Crippen LogP contribution in [0, 0.1) is 0 Å². The Labute approximate surface area is 168 Å². The van der Waals surface area contributed by atoms with Gasteiger partial charge in [0.1, 0.15) is 18.5 Å². The average molecular weight is 408 g/mol. The molecular weight excluding hydrogens is 382 g/mol. The Kier molecular flexibility index (Phi) is 7.18. The Bertz CT molecular complexity index is 761. The van der Waals surface area contributed by atoms with Gasteiger partial charge in [0, 0.05) is 44.5 Å². The number of nitrogens with zero attached hydrogens (tertiary/aromatic N) is 2. The first-order chi connectivity index (χ1) is 13.9. The number of carbonyl (C=O) groups excluding carboxylic acids is 1. The first-order valence-electron chi connectivity index (χ1n) is 9.58. The monoisotopic (exact) mass is 408 g/mol. The SMILES string of the molecule is NC(=O)Nc1ccc(OC[C@@H](O)CN2CCN(C3C=C(F)C(F)=CC3)CC2)cc1. The number of carbonyl (C=O) groups is 1. The molecular formula is C20H26F2N4O3. The van der Waals surface area contributed by atoms with Crippen molar-refractivity contribution in [3.63, 3.8) is 0 Å². The molecule has 9 heteroatoms. The minimum atomic E-state index is -0.783. The summed E-state index contributed by atoms with van der Waals surface area (Å²) in [6.07, 6.45) is 2.46. The van der Waals surface area contributed by atoms with Crippen molar-refractivity contribution in [2.45, 2.75) is 18.6 Å². The molecule has 7 nitrogen and oxygen atoms in total. The highest BCUT2D eigenvalue weighted by Gasteiger charge is 2.26. The quantitative estimate of drug-likeness (QED) is 0.642. The number of aliphatic hydroxyl groups excluding tert-OH is 1. The van der Waals surface area contributed by atoms with Gasteiger partial charge in [0.15, 0.2) is 11.7 Å². The summed E-state index contributed by atoms with van der Waals surface area (Å²) in [4.78, 5) is 15.1. The normalized spacial score (nSPS) is 21.8. The Balaban J connectivity index is 1.37. The van der Waals surface area contributed by atoms with E-state index in [-0.39, 0.29) is 12.6 Å². The highest BCUT2D eigenvalue weighted by atomic mass is 19.2. The predicted octanol–water partition coefficient (Wildman–Crippen LogP) is 2.01. The van der Waals surface area contributed by atoms with Crippen molar-refractivity contribution >= 4 is 11.7 Å². The number of urea groups is 1. The summed E-state index contributed by atoms with van der Waals surface area (Å²) in [5, 5.41) is 12.7. The second-order valence-electron chi connectivity index (χ2n) is 7.18. The molecule has 0 saturated carbocycles. The van der Waals surface area contributed by atoms with E-state index in [1.807, 2.05) is 0 Å². The first kappa shape index (κ1) is 21.2. The van der Waals surface area contributed by atoms with E-state index in [0.717, 1.165) is 26.2 Å². The van der Waals surface area contributed by atoms with Crippen LogP contribution in [0.5, 0.6) is 5.75 Å². The van der Waals surface area contributed by atoms with Gasteiger partial charge in [-0.1, -0.05) is 0 Å². The van der Waals surface area contributed by atoms with E-state index in [1.54, 1.807) is 24.3 Å². The van der Waals surface area contributed by atoms with Crippen molar-refractivity contribution in [2.24, 2.45) is 5.73 Å². The van der Waals surface area contributed by atoms with Crippen molar-refractivity contribution in [2.75, 3.05) is 44.6 Å². The van der Waals surface area contributed by atoms with Crippen molar-refractivity contribution in [3.8, 4) is 5.75 Å². The van der Waals surface area contributed by atoms with E-state index in [0.29, 0.717) is 24.4 Å². The molecule has 0 bridgehead atoms. The van der Waals surface area contributed by atoms with Gasteiger partial charge in [-0.05, 0) is 42.8 Å². The number of hydrogen-bond acceptors (Lipinski definition) is 5. The molecule has 1 aliphatic heterocycles. The van der Waals surface area contributed by atoms with Crippen LogP contribution in [0.4, 0.5) is 19.3 Å². The van der Waals surface area contributed by atoms with E-state index in [2.05, 4.69) is 15.1 Å². The third-order valence-corrected chi connectivity index (χ3v) is 5.01. The van der Waals surface area contributed by atoms with E-state index < -0.39 is 23.8 Å². The van der Waals surface area contributed by atoms with Crippen molar-refractivity contribution < 1.29 is 23.4 Å². The lowest BCUT2D eigenvalue weighted by atomic mass is 10.0. The fraction of sp³-hybridized carbons (Fsp3) is 0.450. The molecule has 1 aliphatic carbocycles. The van der Waals surface area contributed by atoms with E-state index in [1.165, 1.54) is 12.2 Å². The highest BCUT2D eigenvalue weighted by molar-refractivity contribution is 5.87. The lowest BCUT2D eigenvalue weighted by Gasteiger charge is -2.39. The molecule has 1 aromatic carbocycles. The zero-order valence-corrected chi connectivity index (χ0v) is 16.1. The average Bonchev–Trinajstić information content (AvgIpc) is 2.70. The lowest BCUT2D eigenvalue weighted by Crippen LogP contribution is -2.52. The number of nitrogens with one attached hydrogen (secondary N) is 1. The smallest absolute Gasteiger partial charge is 0.316 e. The number of amides is 2. The topological polar surface area (TPSA) is 91.1 Å². The fourth-order valence-electron chi connectivity index (χ4n) is 3.49. The number of rotatable bonds is 7. The summed E-state index contributed by atoms with van der Waals surface area (Å²) < 4.78 is 32.1. The maximum absolute atomic E-state index is 13.4. The number of piperazine rings is 1. The van der Waals surface area contributed by atoms with Gasteiger partial charge >= 0.3 is 6.03 Å². The van der Waals surface area contributed by atoms with Crippen LogP contribution in [0.1, 0.15) is 6.42 Å². The summed E-state index contributed by atoms with van der Waals surface area (Å²) in [6, 6.07) is 5.94. The predicted molar refractivity (Wildman–Crippen MR) is 106 cm³/mol. The summed E-state index contributed by atoms with van der Waals surface area (Å²) in [7, 11) is 0. The molecule has 1 unspecified atom stereocenters. The number of anilines is 1. The number of allylic oxidation sites excluding steroid dienone is 2. The van der Waals surface area contributed by atoms with Gasteiger partial charge in [-0.2, -0.15) is 0 Å². The van der Waals surface area contributed by atoms with Crippen LogP contribution in [0.2, 0.25) is 0 Å². The number of nitrogens with two attached hydrogens (primary N) is 1. The molecule has 1 fully saturated rings. The molecule has 1 saturated heterocycles. The first-order valence-corrected chi connectivity index (χ1v) is 9.58. The molecule has 1 aromatic rings. The van der Waals surface area contributed by atoms with Gasteiger partial charge in [-0.15, -0.1) is 0 Å². The Hall–Kier alpha value is -2.49. The van der Waals surface area contributed by atoms with Gasteiger partial charge in [0.2, 0.25) is 0 Å². The number of β-amino-alcohol motifs (C(OH)–C–C–N with tert-alkyl or cyclic N) is 1. The highest BCUT2D eigenvalue weighted by Crippen LogP contribution is 2.24. The number of ether oxygens (including phenoxy) is 1. The molecule has 0 aromatic heterocycles. The maximum Gasteiger partial charge on any atom is 0.316 e. The van der Waals surface area contributed by atoms with Crippen molar-refractivity contribution in [3.05, 3.63) is 48.1 Å². The molecule has 2 atom stereocenters. The van der Waals surface area contributed by atoms with Gasteiger partial charge < -0.3 is 20.9 Å². The molecule has 0 radical (unpaired) electrons. The van der Waals surface area contributed by atoms with E-state index in [9.17, 15) is 18.7 Å². The van der Waals surface area contributed by atoms with Crippen molar-refractivity contribution in [1.29, 1.82) is 0 Å². The summed E-state index contributed by atoms with van der Waals surface area (Å²) in [5.74, 6) is -0.980. The molecule has 2 aliphatic rings. The van der Waals surface area contributed by atoms with Gasteiger partial charge in [-0.3, -0.25) is 9.80 Å². The van der Waals surface area contributed by atoms with Crippen LogP contribution in [0.15, 0.2) is 48.1 Å². The second kappa shape index (κ2) is 9.82. The number of hydrogen-bond donors (Lipinski definition) is 3. The van der Waals surface area contributed by atoms with Crippen LogP contribution in [0.3, 0.4) is 0 Å². The Morgan fingerprint density at radius 1 is 1.21 bits per heavy atom. The molecule has 0 spiro atoms. The summed E-state index contributed by atoms with van der Waals surface area (Å²) >= 11 is 0. The second-order valence-corrected chi connectivity index (χ2v) is 7.18. The van der Waals surface area contributed by atoms with Crippen LogP contribution in [-0.4, -0.2) is 72.4 Å². The largest absolute Gasteiger partial charge is 0.491 e. The van der Waals surface area contributed by atoms with Gasteiger partial charge in [0.05, 0.1) is 0 Å². The van der Waals surface area contributed by atoms with Crippen LogP contribution in [0.25, 0.3) is 0 Å². The molecule has 2 amide bonds. The van der Waals surface area contributed by atoms with Crippen LogP contribution in [-0.2, 0) is 0 Å². The van der Waals surface area contributed by atoms with E-state index >= 15 is 0 Å². The number of benzene rings is 1. The minimum Gasteiger partial charge on any atom is -0.491 e. The molecule has 158 valence electrons. The fourth-order valence-corrected chi connectivity index (χ4v) is 3.49. The summed E-state index contributed by atoms with van der Waals surface area (Å²) in [6.45, 7) is 3.55. The zero-order valence-electron chi connectivity index (χ0n) is 16.1. The lowest BCUT2D eigenvalue weighted by molar-refractivity contribution is 0.0407. The van der Waals surface area contributed by atoms with Gasteiger partial charge in [-0.25, -0.2) is 13.6 Å². The number of halogens is 2. The molecule has 3 rings (SSSR count). The third kappa shape index (κ3) is 6.25. The maximum atomic E-state index is 13.4. The van der Waals surface area contributed by atoms with Gasteiger partial charge in [0.25, 0.3) is 0 Å². The molecule has 4 N–H and O–H groups in total. The number of primary amides is 1. The van der Waals surface area contributed by atoms with Crippen LogP contribution >= 0.6 is 0 Å². The summed E-state index contributed by atoms with van der Waals surface area (Å²) in [5.41, 5.74) is 5.62. The molecule has 29 heavy (non-hydrogen) atoms. The zero-order chi connectivity index (χ0) is 20.8. The minimum absolute atomic E-state index is 0.114.